The molecule has 28 heavy (non-hydrogen) atoms. The first-order valence-electron chi connectivity index (χ1n) is 9.40. The molecule has 0 aromatic rings. The van der Waals surface area contributed by atoms with E-state index in [1.807, 2.05) is 0 Å². The predicted octanol–water partition coefficient (Wildman–Crippen LogP) is 0.673. The molecule has 0 spiro atoms. The van der Waals surface area contributed by atoms with Gasteiger partial charge in [-0.05, 0) is 38.5 Å². The summed E-state index contributed by atoms with van der Waals surface area (Å²) in [5.41, 5.74) is 11.3. The Bertz CT molecular complexity index is 616. The van der Waals surface area contributed by atoms with Gasteiger partial charge in [-0.2, -0.15) is 0 Å². The number of hydrogen-bond donors (Lipinski definition) is 5. The van der Waals surface area contributed by atoms with Gasteiger partial charge < -0.3 is 27.0 Å². The van der Waals surface area contributed by atoms with E-state index in [4.69, 9.17) is 23.1 Å². The van der Waals surface area contributed by atoms with E-state index in [1.165, 1.54) is 0 Å². The zero-order chi connectivity index (χ0) is 21.6. The van der Waals surface area contributed by atoms with Crippen LogP contribution in [0.25, 0.3) is 0 Å². The van der Waals surface area contributed by atoms with Crippen molar-refractivity contribution >= 4 is 35.4 Å². The molecule has 0 aromatic heterocycles. The zero-order valence-electron chi connectivity index (χ0n) is 16.2. The second-order valence-corrected chi connectivity index (χ2v) is 8.52. The number of aliphatic carboxylic acids is 2. The molecule has 0 aromatic carbocycles. The van der Waals surface area contributed by atoms with Crippen LogP contribution in [0.3, 0.4) is 0 Å². The summed E-state index contributed by atoms with van der Waals surface area (Å²) in [7, 11) is 0. The van der Waals surface area contributed by atoms with E-state index in [9.17, 15) is 29.4 Å². The highest BCUT2D eigenvalue weighted by atomic mass is 35.5. The lowest BCUT2D eigenvalue weighted by Gasteiger charge is -2.29. The molecule has 1 saturated heterocycles. The highest BCUT2D eigenvalue weighted by Gasteiger charge is 2.42. The van der Waals surface area contributed by atoms with Crippen LogP contribution in [-0.4, -0.2) is 50.9 Å². The van der Waals surface area contributed by atoms with Crippen molar-refractivity contribution in [1.29, 1.82) is 0 Å². The largest absolute Gasteiger partial charge is 0.481 e. The van der Waals surface area contributed by atoms with Crippen molar-refractivity contribution in [3.05, 3.63) is 0 Å². The standard InChI is InChI=1S/C18H30ClN3O6/c1-3-10(14(21)23)7-18(19,17(27)28)8-12(20)5-11(16(25)26)6-13-4-9(2)15(24)22-13/h9-13H,3-8,20H2,1-2H3,(H2,21,23)(H,22,24)(H,25,26)(H,27,28). The number of amides is 2. The molecule has 1 heterocycles. The molecule has 9 nitrogen and oxygen atoms in total. The first-order valence-corrected chi connectivity index (χ1v) is 9.77. The molecule has 1 aliphatic heterocycles. The number of carbonyl (C=O) groups is 4. The molecule has 6 atom stereocenters. The lowest BCUT2D eigenvalue weighted by atomic mass is 9.83. The Morgan fingerprint density at radius 3 is 2.29 bits per heavy atom. The smallest absolute Gasteiger partial charge is 0.324 e. The summed E-state index contributed by atoms with van der Waals surface area (Å²) >= 11 is 6.27. The molecule has 0 aliphatic carbocycles. The summed E-state index contributed by atoms with van der Waals surface area (Å²) in [6.45, 7) is 3.47. The minimum atomic E-state index is -1.81. The van der Waals surface area contributed by atoms with Gasteiger partial charge in [0.2, 0.25) is 11.8 Å². The third-order valence-electron chi connectivity index (χ3n) is 5.37. The molecule has 160 valence electrons. The number of rotatable bonds is 12. The van der Waals surface area contributed by atoms with Crippen LogP contribution in [0.2, 0.25) is 0 Å². The summed E-state index contributed by atoms with van der Waals surface area (Å²) in [6, 6.07) is -1.06. The summed E-state index contributed by atoms with van der Waals surface area (Å²) < 4.78 is 0. The summed E-state index contributed by atoms with van der Waals surface area (Å²) in [4.78, 5) is 44.6. The predicted molar refractivity (Wildman–Crippen MR) is 102 cm³/mol. The molecule has 0 saturated carbocycles. The molecule has 1 aliphatic rings. The number of hydrogen-bond acceptors (Lipinski definition) is 5. The van der Waals surface area contributed by atoms with Gasteiger partial charge in [0.05, 0.1) is 5.92 Å². The fourth-order valence-corrected chi connectivity index (χ4v) is 4.08. The van der Waals surface area contributed by atoms with Crippen LogP contribution >= 0.6 is 11.6 Å². The van der Waals surface area contributed by atoms with Crippen LogP contribution in [-0.2, 0) is 19.2 Å². The van der Waals surface area contributed by atoms with E-state index in [1.54, 1.807) is 13.8 Å². The molecule has 0 bridgehead atoms. The van der Waals surface area contributed by atoms with Gasteiger partial charge in [0.25, 0.3) is 0 Å². The number of carboxylic acids is 2. The fourth-order valence-electron chi connectivity index (χ4n) is 3.69. The molecule has 6 unspecified atom stereocenters. The molecular formula is C18H30ClN3O6. The first kappa shape index (κ1) is 24.2. The van der Waals surface area contributed by atoms with Crippen molar-refractivity contribution in [3.8, 4) is 0 Å². The van der Waals surface area contributed by atoms with Crippen LogP contribution in [0.4, 0.5) is 0 Å². The number of alkyl halides is 1. The van der Waals surface area contributed by atoms with E-state index in [0.717, 1.165) is 0 Å². The van der Waals surface area contributed by atoms with E-state index < -0.39 is 40.6 Å². The van der Waals surface area contributed by atoms with Gasteiger partial charge in [0, 0.05) is 23.9 Å². The van der Waals surface area contributed by atoms with Gasteiger partial charge >= 0.3 is 11.9 Å². The van der Waals surface area contributed by atoms with Crippen molar-refractivity contribution < 1.29 is 29.4 Å². The Kier molecular flexibility index (Phi) is 8.69. The van der Waals surface area contributed by atoms with Crippen molar-refractivity contribution in [2.75, 3.05) is 0 Å². The number of halogens is 1. The normalized spacial score (nSPS) is 24.6. The highest BCUT2D eigenvalue weighted by molar-refractivity contribution is 6.33. The van der Waals surface area contributed by atoms with Gasteiger partial charge in [-0.25, -0.2) is 0 Å². The van der Waals surface area contributed by atoms with Gasteiger partial charge in [0.15, 0.2) is 0 Å². The SMILES string of the molecule is CCC(CC(Cl)(CC(N)CC(CC1CC(C)C(=O)N1)C(=O)O)C(=O)O)C(N)=O. The van der Waals surface area contributed by atoms with Gasteiger partial charge in [-0.1, -0.05) is 13.8 Å². The third kappa shape index (κ3) is 6.63. The van der Waals surface area contributed by atoms with Gasteiger partial charge in [0.1, 0.15) is 4.87 Å². The minimum absolute atomic E-state index is 0.00516. The van der Waals surface area contributed by atoms with Crippen LogP contribution < -0.4 is 16.8 Å². The summed E-state index contributed by atoms with van der Waals surface area (Å²) in [5, 5.41) is 21.8. The van der Waals surface area contributed by atoms with Crippen molar-refractivity contribution in [3.63, 3.8) is 0 Å². The van der Waals surface area contributed by atoms with Crippen molar-refractivity contribution in [1.82, 2.24) is 5.32 Å². The number of primary amides is 1. The van der Waals surface area contributed by atoms with Gasteiger partial charge in [-0.15, -0.1) is 11.6 Å². The Balaban J connectivity index is 2.78. The quantitative estimate of drug-likeness (QED) is 0.289. The minimum Gasteiger partial charge on any atom is -0.481 e. The Morgan fingerprint density at radius 2 is 1.89 bits per heavy atom. The molecule has 1 fully saturated rings. The second-order valence-electron chi connectivity index (χ2n) is 7.80. The fraction of sp³-hybridized carbons (Fsp3) is 0.778. The van der Waals surface area contributed by atoms with Crippen molar-refractivity contribution in [2.45, 2.75) is 69.3 Å². The molecule has 7 N–H and O–H groups in total. The monoisotopic (exact) mass is 419 g/mol. The van der Waals surface area contributed by atoms with E-state index >= 15 is 0 Å². The second kappa shape index (κ2) is 10.1. The number of carboxylic acid groups (broad SMARTS) is 2. The van der Waals surface area contributed by atoms with Crippen LogP contribution in [0.5, 0.6) is 0 Å². The molecule has 2 amide bonds. The average molecular weight is 420 g/mol. The maximum atomic E-state index is 11.7. The third-order valence-corrected chi connectivity index (χ3v) is 5.84. The Labute approximate surface area is 169 Å². The maximum absolute atomic E-state index is 11.7. The first-order chi connectivity index (χ1) is 12.9. The summed E-state index contributed by atoms with van der Waals surface area (Å²) in [6.07, 6.45) is 0.709. The number of nitrogens with two attached hydrogens (primary N) is 2. The number of nitrogens with one attached hydrogen (secondary N) is 1. The van der Waals surface area contributed by atoms with Gasteiger partial charge in [-0.3, -0.25) is 19.2 Å². The molecular weight excluding hydrogens is 390 g/mol. The van der Waals surface area contributed by atoms with Crippen LogP contribution in [0.15, 0.2) is 0 Å². The highest BCUT2D eigenvalue weighted by Crippen LogP contribution is 2.33. The summed E-state index contributed by atoms with van der Waals surface area (Å²) in [5.74, 6) is -4.88. The van der Waals surface area contributed by atoms with Crippen molar-refractivity contribution in [2.24, 2.45) is 29.2 Å². The molecule has 10 heteroatoms. The topological polar surface area (TPSA) is 173 Å². The zero-order valence-corrected chi connectivity index (χ0v) is 16.9. The Morgan fingerprint density at radius 1 is 1.29 bits per heavy atom. The molecule has 1 rings (SSSR count). The van der Waals surface area contributed by atoms with Crippen LogP contribution in [0.1, 0.15) is 52.4 Å². The lowest BCUT2D eigenvalue weighted by Crippen LogP contribution is -2.44. The number of carbonyl (C=O) groups excluding carboxylic acids is 2. The van der Waals surface area contributed by atoms with E-state index in [2.05, 4.69) is 5.32 Å². The maximum Gasteiger partial charge on any atom is 0.324 e. The van der Waals surface area contributed by atoms with E-state index in [-0.39, 0.29) is 43.6 Å². The molecule has 0 radical (unpaired) electrons. The average Bonchev–Trinajstić information content (AvgIpc) is 2.89. The van der Waals surface area contributed by atoms with E-state index in [0.29, 0.717) is 12.8 Å². The van der Waals surface area contributed by atoms with Crippen LogP contribution in [0, 0.1) is 17.8 Å². The Hall–Kier alpha value is -1.87. The lowest BCUT2D eigenvalue weighted by molar-refractivity contribution is -0.142.